The fraction of sp³-hybridized carbons (Fsp3) is 0.632. The number of sulfonamides is 1. The molecule has 2 fully saturated rings. The van der Waals surface area contributed by atoms with Crippen LogP contribution in [0, 0.1) is 5.92 Å². The standard InChI is InChI=1S/C19H29N3O3S/c1-15-7-13-22(14-8-15)26(24,25)18-5-3-16(4-6-18)19(23)20-17-9-11-21(2)12-10-17/h3-6,15,17H,7-14H2,1-2H3,(H,20,23). The van der Waals surface area contributed by atoms with Crippen molar-refractivity contribution in [2.75, 3.05) is 33.2 Å². The van der Waals surface area contributed by atoms with Gasteiger partial charge in [-0.15, -0.1) is 0 Å². The summed E-state index contributed by atoms with van der Waals surface area (Å²) in [5.74, 6) is 0.447. The number of hydrogen-bond acceptors (Lipinski definition) is 4. The molecule has 0 atom stereocenters. The van der Waals surface area contributed by atoms with Gasteiger partial charge in [-0.3, -0.25) is 4.79 Å². The molecule has 0 unspecified atom stereocenters. The molecule has 1 amide bonds. The van der Waals surface area contributed by atoms with E-state index in [1.165, 1.54) is 0 Å². The van der Waals surface area contributed by atoms with Crippen molar-refractivity contribution in [3.63, 3.8) is 0 Å². The fourth-order valence-corrected chi connectivity index (χ4v) is 5.04. The Bertz CT molecular complexity index is 717. The first-order valence-electron chi connectivity index (χ1n) is 9.46. The van der Waals surface area contributed by atoms with Gasteiger partial charge in [0, 0.05) is 24.7 Å². The Morgan fingerprint density at radius 2 is 1.58 bits per heavy atom. The number of benzene rings is 1. The van der Waals surface area contributed by atoms with Gasteiger partial charge in [-0.1, -0.05) is 6.92 Å². The lowest BCUT2D eigenvalue weighted by Gasteiger charge is -2.30. The van der Waals surface area contributed by atoms with Crippen LogP contribution in [0.3, 0.4) is 0 Å². The monoisotopic (exact) mass is 379 g/mol. The van der Waals surface area contributed by atoms with Crippen LogP contribution in [0.1, 0.15) is 43.0 Å². The molecule has 1 N–H and O–H groups in total. The van der Waals surface area contributed by atoms with Gasteiger partial charge in [0.15, 0.2) is 0 Å². The van der Waals surface area contributed by atoms with Crippen molar-refractivity contribution in [1.29, 1.82) is 0 Å². The lowest BCUT2D eigenvalue weighted by molar-refractivity contribution is 0.0916. The summed E-state index contributed by atoms with van der Waals surface area (Å²) >= 11 is 0. The molecule has 26 heavy (non-hydrogen) atoms. The third-order valence-electron chi connectivity index (χ3n) is 5.55. The van der Waals surface area contributed by atoms with E-state index in [4.69, 9.17) is 0 Å². The Kier molecular flexibility index (Phi) is 5.99. The number of amides is 1. The van der Waals surface area contributed by atoms with Crippen molar-refractivity contribution in [3.05, 3.63) is 29.8 Å². The normalized spacial score (nSPS) is 21.6. The molecule has 7 heteroatoms. The van der Waals surface area contributed by atoms with E-state index in [0.29, 0.717) is 24.6 Å². The minimum Gasteiger partial charge on any atom is -0.349 e. The van der Waals surface area contributed by atoms with Gasteiger partial charge in [0.2, 0.25) is 10.0 Å². The van der Waals surface area contributed by atoms with Gasteiger partial charge in [0.05, 0.1) is 4.90 Å². The van der Waals surface area contributed by atoms with Crippen LogP contribution in [0.4, 0.5) is 0 Å². The van der Waals surface area contributed by atoms with Crippen molar-refractivity contribution < 1.29 is 13.2 Å². The number of piperidine rings is 2. The number of nitrogens with one attached hydrogen (secondary N) is 1. The SMILES string of the molecule is CC1CCN(S(=O)(=O)c2ccc(C(=O)NC3CCN(C)CC3)cc2)CC1. The molecule has 0 bridgehead atoms. The highest BCUT2D eigenvalue weighted by atomic mass is 32.2. The maximum Gasteiger partial charge on any atom is 0.251 e. The predicted octanol–water partition coefficient (Wildman–Crippen LogP) is 1.93. The summed E-state index contributed by atoms with van der Waals surface area (Å²) in [5.41, 5.74) is 0.509. The highest BCUT2D eigenvalue weighted by Crippen LogP contribution is 2.23. The Balaban J connectivity index is 1.63. The smallest absolute Gasteiger partial charge is 0.251 e. The van der Waals surface area contributed by atoms with E-state index >= 15 is 0 Å². The van der Waals surface area contributed by atoms with Crippen LogP contribution in [0.2, 0.25) is 0 Å². The average molecular weight is 380 g/mol. The van der Waals surface area contributed by atoms with Crippen molar-refractivity contribution in [2.24, 2.45) is 5.92 Å². The number of hydrogen-bond donors (Lipinski definition) is 1. The quantitative estimate of drug-likeness (QED) is 0.868. The molecular weight excluding hydrogens is 350 g/mol. The van der Waals surface area contributed by atoms with E-state index in [-0.39, 0.29) is 16.8 Å². The molecule has 2 heterocycles. The second-order valence-electron chi connectivity index (χ2n) is 7.66. The first-order valence-corrected chi connectivity index (χ1v) is 10.9. The molecule has 2 saturated heterocycles. The van der Waals surface area contributed by atoms with Gasteiger partial charge in [-0.2, -0.15) is 4.31 Å². The van der Waals surface area contributed by atoms with Gasteiger partial charge in [-0.05, 0) is 76.0 Å². The molecule has 0 saturated carbocycles. The molecule has 0 aliphatic carbocycles. The molecule has 3 rings (SSSR count). The van der Waals surface area contributed by atoms with Crippen LogP contribution in [0.15, 0.2) is 29.2 Å². The van der Waals surface area contributed by atoms with Gasteiger partial charge < -0.3 is 10.2 Å². The zero-order valence-electron chi connectivity index (χ0n) is 15.6. The first-order chi connectivity index (χ1) is 12.4. The lowest BCUT2D eigenvalue weighted by Crippen LogP contribution is -2.43. The average Bonchev–Trinajstić information content (AvgIpc) is 2.64. The lowest BCUT2D eigenvalue weighted by atomic mass is 10.0. The van der Waals surface area contributed by atoms with Gasteiger partial charge in [-0.25, -0.2) is 8.42 Å². The highest BCUT2D eigenvalue weighted by molar-refractivity contribution is 7.89. The highest BCUT2D eigenvalue weighted by Gasteiger charge is 2.28. The molecule has 0 aromatic heterocycles. The summed E-state index contributed by atoms with van der Waals surface area (Å²) < 4.78 is 27.0. The molecule has 0 radical (unpaired) electrons. The van der Waals surface area contributed by atoms with E-state index in [1.54, 1.807) is 28.6 Å². The molecule has 1 aromatic carbocycles. The molecule has 6 nitrogen and oxygen atoms in total. The zero-order chi connectivity index (χ0) is 18.7. The number of carbonyl (C=O) groups is 1. The Hall–Kier alpha value is -1.44. The topological polar surface area (TPSA) is 69.7 Å². The minimum absolute atomic E-state index is 0.129. The zero-order valence-corrected chi connectivity index (χ0v) is 16.5. The molecular formula is C19H29N3O3S. The molecule has 2 aliphatic heterocycles. The largest absolute Gasteiger partial charge is 0.349 e. The number of carbonyl (C=O) groups excluding carboxylic acids is 1. The summed E-state index contributed by atoms with van der Waals surface area (Å²) in [6, 6.07) is 6.53. The van der Waals surface area contributed by atoms with Crippen molar-refractivity contribution in [3.8, 4) is 0 Å². The van der Waals surface area contributed by atoms with E-state index in [9.17, 15) is 13.2 Å². The second kappa shape index (κ2) is 8.06. The summed E-state index contributed by atoms with van der Waals surface area (Å²) in [6.45, 7) is 5.26. The van der Waals surface area contributed by atoms with E-state index in [1.807, 2.05) is 0 Å². The van der Waals surface area contributed by atoms with Crippen LogP contribution < -0.4 is 5.32 Å². The van der Waals surface area contributed by atoms with Crippen LogP contribution >= 0.6 is 0 Å². The van der Waals surface area contributed by atoms with E-state index in [0.717, 1.165) is 38.8 Å². The van der Waals surface area contributed by atoms with Crippen molar-refractivity contribution in [1.82, 2.24) is 14.5 Å². The molecule has 2 aliphatic rings. The van der Waals surface area contributed by atoms with Gasteiger partial charge in [0.25, 0.3) is 5.91 Å². The third-order valence-corrected chi connectivity index (χ3v) is 7.46. The maximum absolute atomic E-state index is 12.7. The summed E-state index contributed by atoms with van der Waals surface area (Å²) in [6.07, 6.45) is 3.69. The van der Waals surface area contributed by atoms with E-state index < -0.39 is 10.0 Å². The van der Waals surface area contributed by atoms with E-state index in [2.05, 4.69) is 24.2 Å². The fourth-order valence-electron chi connectivity index (χ4n) is 3.57. The molecule has 0 spiro atoms. The number of rotatable bonds is 4. The molecule has 1 aromatic rings. The van der Waals surface area contributed by atoms with Crippen LogP contribution in [-0.4, -0.2) is 62.8 Å². The third kappa shape index (κ3) is 4.45. The van der Waals surface area contributed by atoms with Gasteiger partial charge >= 0.3 is 0 Å². The minimum atomic E-state index is -3.47. The van der Waals surface area contributed by atoms with Crippen LogP contribution in [0.5, 0.6) is 0 Å². The Morgan fingerprint density at radius 3 is 2.15 bits per heavy atom. The van der Waals surface area contributed by atoms with Crippen molar-refractivity contribution >= 4 is 15.9 Å². The molecule has 144 valence electrons. The second-order valence-corrected chi connectivity index (χ2v) is 9.60. The van der Waals surface area contributed by atoms with Crippen LogP contribution in [-0.2, 0) is 10.0 Å². The predicted molar refractivity (Wildman–Crippen MR) is 102 cm³/mol. The van der Waals surface area contributed by atoms with Gasteiger partial charge in [0.1, 0.15) is 0 Å². The summed E-state index contributed by atoms with van der Waals surface area (Å²) in [5, 5.41) is 3.06. The van der Waals surface area contributed by atoms with Crippen LogP contribution in [0.25, 0.3) is 0 Å². The first kappa shape index (κ1) is 19.3. The summed E-state index contributed by atoms with van der Waals surface area (Å²) in [4.78, 5) is 14.9. The Morgan fingerprint density at radius 1 is 1.00 bits per heavy atom. The summed E-state index contributed by atoms with van der Waals surface area (Å²) in [7, 11) is -1.38. The number of nitrogens with zero attached hydrogens (tertiary/aromatic N) is 2. The van der Waals surface area contributed by atoms with Crippen molar-refractivity contribution in [2.45, 2.75) is 43.5 Å². The number of likely N-dealkylation sites (tertiary alicyclic amines) is 1. The Labute approximate surface area is 156 Å². The maximum atomic E-state index is 12.7.